The molecule has 4 nitrogen and oxygen atoms in total. The summed E-state index contributed by atoms with van der Waals surface area (Å²) < 4.78 is 0. The molecule has 1 atom stereocenters. The molecule has 0 aromatic carbocycles. The first-order valence-corrected chi connectivity index (χ1v) is 6.15. The zero-order valence-electron chi connectivity index (χ0n) is 10.6. The summed E-state index contributed by atoms with van der Waals surface area (Å²) in [5, 5.41) is 9.33. The molecule has 1 aromatic rings. The van der Waals surface area contributed by atoms with E-state index < -0.39 is 0 Å². The first-order chi connectivity index (χ1) is 8.22. The minimum Gasteiger partial charge on any atom is -0.363 e. The fraction of sp³-hybridized carbons (Fsp3) is 0.615. The molecule has 2 rings (SSSR count). The monoisotopic (exact) mass is 232 g/mol. The van der Waals surface area contributed by atoms with Crippen LogP contribution in [0.5, 0.6) is 0 Å². The van der Waals surface area contributed by atoms with E-state index in [-0.39, 0.29) is 6.04 Å². The van der Waals surface area contributed by atoms with Crippen LogP contribution >= 0.6 is 0 Å². The number of hydrogen-bond acceptors (Lipinski definition) is 3. The second-order valence-electron chi connectivity index (χ2n) is 4.86. The molecule has 17 heavy (non-hydrogen) atoms. The van der Waals surface area contributed by atoms with Gasteiger partial charge in [0.1, 0.15) is 6.04 Å². The number of nitriles is 1. The normalized spacial score (nSPS) is 20.4. The number of piperidine rings is 1. The van der Waals surface area contributed by atoms with Gasteiger partial charge in [-0.1, -0.05) is 0 Å². The molecule has 1 unspecified atom stereocenters. The molecule has 0 saturated carbocycles. The molecule has 2 heterocycles. The van der Waals surface area contributed by atoms with Crippen molar-refractivity contribution in [3.63, 3.8) is 0 Å². The Morgan fingerprint density at radius 3 is 2.76 bits per heavy atom. The highest BCUT2D eigenvalue weighted by Gasteiger charge is 2.27. The minimum absolute atomic E-state index is 0.154. The van der Waals surface area contributed by atoms with Crippen LogP contribution < -0.4 is 0 Å². The van der Waals surface area contributed by atoms with Crippen molar-refractivity contribution in [3.05, 3.63) is 24.0 Å². The Balaban J connectivity index is 2.03. The van der Waals surface area contributed by atoms with Gasteiger partial charge in [-0.2, -0.15) is 5.26 Å². The van der Waals surface area contributed by atoms with Gasteiger partial charge < -0.3 is 9.88 Å². The molecule has 1 fully saturated rings. The van der Waals surface area contributed by atoms with E-state index in [2.05, 4.69) is 34.9 Å². The Kier molecular flexibility index (Phi) is 3.82. The van der Waals surface area contributed by atoms with Gasteiger partial charge in [0, 0.05) is 17.9 Å². The van der Waals surface area contributed by atoms with E-state index >= 15 is 0 Å². The molecule has 0 radical (unpaired) electrons. The highest BCUT2D eigenvalue weighted by Crippen LogP contribution is 2.24. The predicted molar refractivity (Wildman–Crippen MR) is 67.4 cm³/mol. The first kappa shape index (κ1) is 12.2. The highest BCUT2D eigenvalue weighted by atomic mass is 15.2. The SMILES string of the molecule is CN1CCC(N(C)C(C#N)c2ccc[nH]2)CC1. The lowest BCUT2D eigenvalue weighted by molar-refractivity contribution is 0.125. The molecule has 0 bridgehead atoms. The van der Waals surface area contributed by atoms with Gasteiger partial charge >= 0.3 is 0 Å². The van der Waals surface area contributed by atoms with Crippen LogP contribution in [-0.2, 0) is 0 Å². The van der Waals surface area contributed by atoms with Crippen molar-refractivity contribution in [2.45, 2.75) is 24.9 Å². The van der Waals surface area contributed by atoms with Gasteiger partial charge in [0.25, 0.3) is 0 Å². The van der Waals surface area contributed by atoms with E-state index in [4.69, 9.17) is 0 Å². The van der Waals surface area contributed by atoms with Gasteiger partial charge in [-0.3, -0.25) is 4.90 Å². The summed E-state index contributed by atoms with van der Waals surface area (Å²) in [5.41, 5.74) is 0.994. The van der Waals surface area contributed by atoms with Gasteiger partial charge in [-0.25, -0.2) is 0 Å². The van der Waals surface area contributed by atoms with Gasteiger partial charge in [0.2, 0.25) is 0 Å². The number of aromatic amines is 1. The summed E-state index contributed by atoms with van der Waals surface area (Å²) in [6, 6.07) is 6.68. The fourth-order valence-corrected chi connectivity index (χ4v) is 2.51. The second-order valence-corrected chi connectivity index (χ2v) is 4.86. The third-order valence-corrected chi connectivity index (χ3v) is 3.71. The molecule has 0 aliphatic carbocycles. The third-order valence-electron chi connectivity index (χ3n) is 3.71. The maximum absolute atomic E-state index is 9.33. The number of aromatic nitrogens is 1. The standard InChI is InChI=1S/C13H20N4/c1-16-8-5-11(6-9-16)17(2)13(10-14)12-4-3-7-15-12/h3-4,7,11,13,15H,5-6,8-9H2,1-2H3. The molecular weight excluding hydrogens is 212 g/mol. The molecule has 1 aliphatic heterocycles. The zero-order valence-corrected chi connectivity index (χ0v) is 10.6. The van der Waals surface area contributed by atoms with Crippen molar-refractivity contribution in [2.75, 3.05) is 27.2 Å². The van der Waals surface area contributed by atoms with Crippen LogP contribution in [0.15, 0.2) is 18.3 Å². The van der Waals surface area contributed by atoms with E-state index in [1.165, 1.54) is 0 Å². The van der Waals surface area contributed by atoms with Crippen molar-refractivity contribution in [1.29, 1.82) is 5.26 Å². The van der Waals surface area contributed by atoms with Gasteiger partial charge in [0.05, 0.1) is 6.07 Å². The van der Waals surface area contributed by atoms with E-state index in [1.807, 2.05) is 18.3 Å². The predicted octanol–water partition coefficient (Wildman–Crippen LogP) is 1.61. The Morgan fingerprint density at radius 2 is 2.24 bits per heavy atom. The number of H-pyrrole nitrogens is 1. The summed E-state index contributed by atoms with van der Waals surface area (Å²) in [4.78, 5) is 7.70. The Morgan fingerprint density at radius 1 is 1.53 bits per heavy atom. The maximum Gasteiger partial charge on any atom is 0.138 e. The van der Waals surface area contributed by atoms with Gasteiger partial charge in [0.15, 0.2) is 0 Å². The van der Waals surface area contributed by atoms with Crippen molar-refractivity contribution in [1.82, 2.24) is 14.8 Å². The molecule has 1 aliphatic rings. The van der Waals surface area contributed by atoms with Crippen molar-refractivity contribution < 1.29 is 0 Å². The van der Waals surface area contributed by atoms with Crippen LogP contribution in [0.25, 0.3) is 0 Å². The molecular formula is C13H20N4. The number of nitrogens with one attached hydrogen (secondary N) is 1. The first-order valence-electron chi connectivity index (χ1n) is 6.15. The topological polar surface area (TPSA) is 46.1 Å². The number of hydrogen-bond donors (Lipinski definition) is 1. The lowest BCUT2D eigenvalue weighted by Gasteiger charge is -2.36. The smallest absolute Gasteiger partial charge is 0.138 e. The third kappa shape index (κ3) is 2.68. The van der Waals surface area contributed by atoms with Crippen LogP contribution in [0.1, 0.15) is 24.6 Å². The van der Waals surface area contributed by atoms with Crippen molar-refractivity contribution in [3.8, 4) is 6.07 Å². The minimum atomic E-state index is -0.154. The number of nitrogens with zero attached hydrogens (tertiary/aromatic N) is 3. The van der Waals surface area contributed by atoms with Crippen molar-refractivity contribution >= 4 is 0 Å². The van der Waals surface area contributed by atoms with Gasteiger partial charge in [-0.15, -0.1) is 0 Å². The second kappa shape index (κ2) is 5.35. The Bertz CT molecular complexity index is 371. The molecule has 92 valence electrons. The van der Waals surface area contributed by atoms with E-state index in [0.717, 1.165) is 31.6 Å². The van der Waals surface area contributed by atoms with Crippen LogP contribution in [0.4, 0.5) is 0 Å². The molecule has 1 saturated heterocycles. The number of rotatable bonds is 3. The van der Waals surface area contributed by atoms with E-state index in [1.54, 1.807) is 0 Å². The summed E-state index contributed by atoms with van der Waals surface area (Å²) in [7, 11) is 4.22. The van der Waals surface area contributed by atoms with Crippen LogP contribution in [0.3, 0.4) is 0 Å². The summed E-state index contributed by atoms with van der Waals surface area (Å²) in [5.74, 6) is 0. The Hall–Kier alpha value is -1.31. The number of likely N-dealkylation sites (tertiary alicyclic amines) is 1. The quantitative estimate of drug-likeness (QED) is 0.861. The van der Waals surface area contributed by atoms with Gasteiger partial charge in [-0.05, 0) is 52.2 Å². The van der Waals surface area contributed by atoms with E-state index in [9.17, 15) is 5.26 Å². The summed E-state index contributed by atoms with van der Waals surface area (Å²) >= 11 is 0. The largest absolute Gasteiger partial charge is 0.363 e. The molecule has 0 spiro atoms. The molecule has 1 N–H and O–H groups in total. The lowest BCUT2D eigenvalue weighted by atomic mass is 10.0. The van der Waals surface area contributed by atoms with Crippen LogP contribution in [0, 0.1) is 11.3 Å². The average molecular weight is 232 g/mol. The van der Waals surface area contributed by atoms with Crippen LogP contribution in [0.2, 0.25) is 0 Å². The maximum atomic E-state index is 9.33. The molecule has 1 aromatic heterocycles. The molecule has 0 amide bonds. The zero-order chi connectivity index (χ0) is 12.3. The highest BCUT2D eigenvalue weighted by molar-refractivity contribution is 5.16. The molecule has 4 heteroatoms. The summed E-state index contributed by atoms with van der Waals surface area (Å²) in [6.45, 7) is 2.25. The van der Waals surface area contributed by atoms with Crippen molar-refractivity contribution in [2.24, 2.45) is 0 Å². The lowest BCUT2D eigenvalue weighted by Crippen LogP contribution is -2.43. The average Bonchev–Trinajstić information content (AvgIpc) is 2.84. The van der Waals surface area contributed by atoms with Crippen LogP contribution in [-0.4, -0.2) is 48.0 Å². The fourth-order valence-electron chi connectivity index (χ4n) is 2.51. The van der Waals surface area contributed by atoms with E-state index in [0.29, 0.717) is 6.04 Å². The Labute approximate surface area is 103 Å². The summed E-state index contributed by atoms with van der Waals surface area (Å²) in [6.07, 6.45) is 4.17.